The number of benzene rings is 1. The average molecular weight is 217 g/mol. The van der Waals surface area contributed by atoms with Crippen LogP contribution < -0.4 is 10.5 Å². The van der Waals surface area contributed by atoms with Crippen molar-refractivity contribution in [1.82, 2.24) is 0 Å². The second-order valence-electron chi connectivity index (χ2n) is 3.68. The van der Waals surface area contributed by atoms with Crippen LogP contribution in [0.2, 0.25) is 0 Å². The second-order valence-corrected chi connectivity index (χ2v) is 3.68. The molecule has 2 heteroatoms. The first-order chi connectivity index (χ1) is 7.83. The van der Waals surface area contributed by atoms with Crippen LogP contribution in [0.3, 0.4) is 0 Å². The molecule has 2 N–H and O–H groups in total. The van der Waals surface area contributed by atoms with Crippen molar-refractivity contribution in [2.75, 3.05) is 6.61 Å². The van der Waals surface area contributed by atoms with Gasteiger partial charge >= 0.3 is 0 Å². The van der Waals surface area contributed by atoms with E-state index in [1.165, 1.54) is 0 Å². The molecule has 0 saturated heterocycles. The summed E-state index contributed by atoms with van der Waals surface area (Å²) < 4.78 is 5.57. The van der Waals surface area contributed by atoms with Gasteiger partial charge in [-0.2, -0.15) is 0 Å². The molecule has 0 heterocycles. The van der Waals surface area contributed by atoms with Crippen LogP contribution in [0.5, 0.6) is 5.75 Å². The number of nitrogens with two attached hydrogens (primary N) is 1. The van der Waals surface area contributed by atoms with Crippen LogP contribution in [0.4, 0.5) is 0 Å². The number of hydrogen-bond donors (Lipinski definition) is 1. The normalized spacial score (nSPS) is 11.4. The molecule has 0 spiro atoms. The fourth-order valence-corrected chi connectivity index (χ4v) is 1.37. The largest absolute Gasteiger partial charge is 0.494 e. The summed E-state index contributed by atoms with van der Waals surface area (Å²) >= 11 is 0. The Bertz CT molecular complexity index is 337. The quantitative estimate of drug-likeness (QED) is 0.743. The molecule has 2 nitrogen and oxygen atoms in total. The molecule has 1 rings (SSSR count). The van der Waals surface area contributed by atoms with Gasteiger partial charge in [0.15, 0.2) is 0 Å². The number of para-hydroxylation sites is 1. The van der Waals surface area contributed by atoms with Crippen molar-refractivity contribution < 1.29 is 4.74 Å². The lowest BCUT2D eigenvalue weighted by Crippen LogP contribution is -2.22. The van der Waals surface area contributed by atoms with Crippen molar-refractivity contribution in [1.29, 1.82) is 0 Å². The lowest BCUT2D eigenvalue weighted by Gasteiger charge is -2.10. The van der Waals surface area contributed by atoms with E-state index >= 15 is 0 Å². The monoisotopic (exact) mass is 217 g/mol. The molecule has 0 saturated carbocycles. The van der Waals surface area contributed by atoms with Crippen molar-refractivity contribution in [3.63, 3.8) is 0 Å². The highest BCUT2D eigenvalue weighted by Gasteiger charge is 2.01. The third-order valence-corrected chi connectivity index (χ3v) is 2.32. The summed E-state index contributed by atoms with van der Waals surface area (Å²) in [7, 11) is 0. The van der Waals surface area contributed by atoms with Crippen LogP contribution in [-0.4, -0.2) is 12.6 Å². The van der Waals surface area contributed by atoms with Crippen molar-refractivity contribution in [2.24, 2.45) is 5.73 Å². The highest BCUT2D eigenvalue weighted by Crippen LogP contribution is 2.09. The summed E-state index contributed by atoms with van der Waals surface area (Å²) in [6.45, 7) is 2.52. The maximum Gasteiger partial charge on any atom is 0.119 e. The summed E-state index contributed by atoms with van der Waals surface area (Å²) in [4.78, 5) is 0. The molecule has 1 aromatic rings. The molecule has 0 fully saturated rings. The summed E-state index contributed by atoms with van der Waals surface area (Å²) in [5.74, 6) is 6.79. The van der Waals surface area contributed by atoms with Gasteiger partial charge in [-0.1, -0.05) is 18.2 Å². The van der Waals surface area contributed by atoms with Crippen LogP contribution in [0, 0.1) is 11.8 Å². The first-order valence-electron chi connectivity index (χ1n) is 5.66. The predicted molar refractivity (Wildman–Crippen MR) is 67.2 cm³/mol. The van der Waals surface area contributed by atoms with Crippen LogP contribution >= 0.6 is 0 Å². The molecule has 1 unspecified atom stereocenters. The molecular formula is C14H19NO. The Hall–Kier alpha value is -1.46. The molecular weight excluding hydrogens is 198 g/mol. The second kappa shape index (κ2) is 7.78. The minimum atomic E-state index is 0.185. The Morgan fingerprint density at radius 2 is 2.00 bits per heavy atom. The molecule has 16 heavy (non-hydrogen) atoms. The Labute approximate surface area is 97.8 Å². The van der Waals surface area contributed by atoms with Gasteiger partial charge < -0.3 is 10.5 Å². The summed E-state index contributed by atoms with van der Waals surface area (Å²) in [6, 6.07) is 9.99. The molecule has 1 atom stereocenters. The van der Waals surface area contributed by atoms with Crippen molar-refractivity contribution >= 4 is 0 Å². The average Bonchev–Trinajstić information content (AvgIpc) is 2.31. The van der Waals surface area contributed by atoms with E-state index in [1.54, 1.807) is 0 Å². The van der Waals surface area contributed by atoms with Gasteiger partial charge in [0.1, 0.15) is 5.75 Å². The van der Waals surface area contributed by atoms with E-state index in [2.05, 4.69) is 11.8 Å². The van der Waals surface area contributed by atoms with Crippen LogP contribution in [0.1, 0.15) is 26.2 Å². The fraction of sp³-hybridized carbons (Fsp3) is 0.429. The van der Waals surface area contributed by atoms with Crippen LogP contribution in [-0.2, 0) is 0 Å². The Morgan fingerprint density at radius 1 is 1.25 bits per heavy atom. The van der Waals surface area contributed by atoms with Crippen LogP contribution in [0.25, 0.3) is 0 Å². The lowest BCUT2D eigenvalue weighted by atomic mass is 10.1. The minimum absolute atomic E-state index is 0.185. The van der Waals surface area contributed by atoms with E-state index < -0.39 is 0 Å². The van der Waals surface area contributed by atoms with Gasteiger partial charge in [-0.15, -0.1) is 11.8 Å². The highest BCUT2D eigenvalue weighted by atomic mass is 16.5. The third-order valence-electron chi connectivity index (χ3n) is 2.32. The Balaban J connectivity index is 2.12. The van der Waals surface area contributed by atoms with E-state index in [0.717, 1.165) is 25.0 Å². The van der Waals surface area contributed by atoms with Gasteiger partial charge in [-0.05, 0) is 31.9 Å². The fourth-order valence-electron chi connectivity index (χ4n) is 1.37. The smallest absolute Gasteiger partial charge is 0.119 e. The van der Waals surface area contributed by atoms with Gasteiger partial charge in [0.05, 0.1) is 6.61 Å². The summed E-state index contributed by atoms with van der Waals surface area (Å²) in [5.41, 5.74) is 5.93. The summed E-state index contributed by atoms with van der Waals surface area (Å²) in [6.07, 6.45) is 2.70. The van der Waals surface area contributed by atoms with Gasteiger partial charge in [-0.25, -0.2) is 0 Å². The molecule has 0 bridgehead atoms. The van der Waals surface area contributed by atoms with E-state index in [-0.39, 0.29) is 6.04 Å². The van der Waals surface area contributed by atoms with Crippen molar-refractivity contribution in [2.45, 2.75) is 32.2 Å². The highest BCUT2D eigenvalue weighted by molar-refractivity contribution is 5.20. The van der Waals surface area contributed by atoms with Gasteiger partial charge in [0, 0.05) is 12.5 Å². The number of rotatable bonds is 6. The van der Waals surface area contributed by atoms with E-state index in [9.17, 15) is 0 Å². The van der Waals surface area contributed by atoms with Gasteiger partial charge in [-0.3, -0.25) is 0 Å². The number of ether oxygens (including phenoxy) is 1. The summed E-state index contributed by atoms with van der Waals surface area (Å²) in [5, 5.41) is 0. The Morgan fingerprint density at radius 3 is 2.69 bits per heavy atom. The molecule has 0 radical (unpaired) electrons. The van der Waals surface area contributed by atoms with Crippen LogP contribution in [0.15, 0.2) is 30.3 Å². The van der Waals surface area contributed by atoms with Gasteiger partial charge in [0.25, 0.3) is 0 Å². The molecule has 86 valence electrons. The predicted octanol–water partition coefficient (Wildman–Crippen LogP) is 2.59. The lowest BCUT2D eigenvalue weighted by molar-refractivity contribution is 0.295. The molecule has 0 aromatic heterocycles. The maximum absolute atomic E-state index is 5.93. The van der Waals surface area contributed by atoms with E-state index in [0.29, 0.717) is 6.61 Å². The van der Waals surface area contributed by atoms with Crippen molar-refractivity contribution in [3.05, 3.63) is 30.3 Å². The van der Waals surface area contributed by atoms with E-state index in [1.807, 2.05) is 37.3 Å². The molecule has 0 aliphatic rings. The first-order valence-corrected chi connectivity index (χ1v) is 5.66. The van der Waals surface area contributed by atoms with Crippen molar-refractivity contribution in [3.8, 4) is 17.6 Å². The zero-order chi connectivity index (χ0) is 11.6. The molecule has 0 aliphatic carbocycles. The minimum Gasteiger partial charge on any atom is -0.494 e. The topological polar surface area (TPSA) is 35.2 Å². The molecule has 1 aromatic carbocycles. The van der Waals surface area contributed by atoms with Gasteiger partial charge in [0.2, 0.25) is 0 Å². The van der Waals surface area contributed by atoms with E-state index in [4.69, 9.17) is 10.5 Å². The third kappa shape index (κ3) is 5.43. The first kappa shape index (κ1) is 12.6. The zero-order valence-electron chi connectivity index (χ0n) is 9.78. The maximum atomic E-state index is 5.93. The molecule has 0 aliphatic heterocycles. The Kier molecular flexibility index (Phi) is 6.13. The number of hydrogen-bond acceptors (Lipinski definition) is 2. The SMILES string of the molecule is CC#CCCC(N)CCOc1ccccc1. The molecule has 0 amide bonds. The zero-order valence-corrected chi connectivity index (χ0v) is 9.78. The standard InChI is InChI=1S/C14H19NO/c1-2-3-5-8-13(15)11-12-16-14-9-6-4-7-10-14/h4,6-7,9-10,13H,5,8,11-12,15H2,1H3.